The van der Waals surface area contributed by atoms with Crippen LogP contribution < -0.4 is 0 Å². The maximum atomic E-state index is 13.1. The lowest BCUT2D eigenvalue weighted by Crippen LogP contribution is -1.96. The molecule has 0 amide bonds. The Hall–Kier alpha value is -1.20. The van der Waals surface area contributed by atoms with Crippen molar-refractivity contribution in [3.63, 3.8) is 0 Å². The van der Waals surface area contributed by atoms with Crippen LogP contribution in [0.25, 0.3) is 10.4 Å². The molecule has 0 heterocycles. The SMILES string of the molecule is [N-]=[N+]=NCc1cc(F)c(F)c(Br)c1F. The van der Waals surface area contributed by atoms with E-state index >= 15 is 0 Å². The maximum Gasteiger partial charge on any atom is 0.175 e. The smallest absolute Gasteiger partial charge is 0.175 e. The van der Waals surface area contributed by atoms with Crippen molar-refractivity contribution < 1.29 is 13.2 Å². The van der Waals surface area contributed by atoms with Gasteiger partial charge in [-0.2, -0.15) is 0 Å². The molecule has 0 unspecified atom stereocenters. The molecule has 0 radical (unpaired) electrons. The summed E-state index contributed by atoms with van der Waals surface area (Å²) in [6.07, 6.45) is 0. The van der Waals surface area contributed by atoms with Crippen LogP contribution in [0.1, 0.15) is 5.56 Å². The average Bonchev–Trinajstić information content (AvgIpc) is 2.18. The first kappa shape index (κ1) is 10.9. The van der Waals surface area contributed by atoms with Crippen LogP contribution in [0.2, 0.25) is 0 Å². The lowest BCUT2D eigenvalue weighted by molar-refractivity contribution is 0.483. The van der Waals surface area contributed by atoms with Crippen molar-refractivity contribution in [1.29, 1.82) is 0 Å². The predicted molar refractivity (Wildman–Crippen MR) is 46.9 cm³/mol. The standard InChI is InChI=1S/C7H3BrF3N3/c8-5-6(10)3(2-13-14-12)1-4(9)7(5)11/h1H,2H2. The number of hydrogen-bond donors (Lipinski definition) is 0. The Morgan fingerprint density at radius 3 is 2.57 bits per heavy atom. The molecule has 1 aromatic rings. The predicted octanol–water partition coefficient (Wildman–Crippen LogP) is 3.68. The fourth-order valence-electron chi connectivity index (χ4n) is 0.845. The molecule has 0 N–H and O–H groups in total. The number of rotatable bonds is 2. The maximum absolute atomic E-state index is 13.1. The van der Waals surface area contributed by atoms with Gasteiger partial charge in [0.15, 0.2) is 11.6 Å². The van der Waals surface area contributed by atoms with Crippen LogP contribution in [-0.2, 0) is 6.54 Å². The van der Waals surface area contributed by atoms with Crippen molar-refractivity contribution in [3.8, 4) is 0 Å². The van der Waals surface area contributed by atoms with Crippen molar-refractivity contribution in [2.24, 2.45) is 5.11 Å². The highest BCUT2D eigenvalue weighted by Gasteiger charge is 2.15. The molecule has 0 atom stereocenters. The van der Waals surface area contributed by atoms with Gasteiger partial charge in [0.05, 0.1) is 11.0 Å². The molecule has 0 aliphatic carbocycles. The summed E-state index contributed by atoms with van der Waals surface area (Å²) in [6, 6.07) is 0.657. The van der Waals surface area contributed by atoms with E-state index in [2.05, 4.69) is 26.0 Å². The Balaban J connectivity index is 3.25. The molecule has 3 nitrogen and oxygen atoms in total. The van der Waals surface area contributed by atoms with Crippen LogP contribution in [0.15, 0.2) is 15.7 Å². The minimum absolute atomic E-state index is 0.200. The quantitative estimate of drug-likeness (QED) is 0.258. The second-order valence-corrected chi connectivity index (χ2v) is 3.14. The minimum atomic E-state index is -1.30. The van der Waals surface area contributed by atoms with Crippen molar-refractivity contribution in [2.45, 2.75) is 6.54 Å². The van der Waals surface area contributed by atoms with Gasteiger partial charge < -0.3 is 0 Å². The second-order valence-electron chi connectivity index (χ2n) is 2.35. The zero-order valence-corrected chi connectivity index (χ0v) is 8.22. The van der Waals surface area contributed by atoms with Crippen LogP contribution in [-0.4, -0.2) is 0 Å². The first-order valence-corrected chi connectivity index (χ1v) is 4.20. The molecule has 0 aliphatic rings. The highest BCUT2D eigenvalue weighted by Crippen LogP contribution is 2.25. The van der Waals surface area contributed by atoms with Gasteiger partial charge in [0.2, 0.25) is 0 Å². The Kier molecular flexibility index (Phi) is 3.38. The number of halogens is 4. The fourth-order valence-corrected chi connectivity index (χ4v) is 1.29. The van der Waals surface area contributed by atoms with Crippen LogP contribution in [0.4, 0.5) is 13.2 Å². The third-order valence-corrected chi connectivity index (χ3v) is 2.18. The van der Waals surface area contributed by atoms with Crippen LogP contribution in [0, 0.1) is 17.5 Å². The summed E-state index contributed by atoms with van der Waals surface area (Å²) >= 11 is 2.55. The topological polar surface area (TPSA) is 48.8 Å². The Morgan fingerprint density at radius 1 is 1.36 bits per heavy atom. The second kappa shape index (κ2) is 4.34. The third kappa shape index (κ3) is 2.00. The summed E-state index contributed by atoms with van der Waals surface area (Å²) in [5.41, 5.74) is 7.77. The molecule has 7 heteroatoms. The van der Waals surface area contributed by atoms with Gasteiger partial charge in [-0.1, -0.05) is 5.11 Å². The highest BCUT2D eigenvalue weighted by molar-refractivity contribution is 9.10. The van der Waals surface area contributed by atoms with Crippen molar-refractivity contribution in [1.82, 2.24) is 0 Å². The van der Waals surface area contributed by atoms with Gasteiger partial charge in [-0.3, -0.25) is 0 Å². The summed E-state index contributed by atoms with van der Waals surface area (Å²) < 4.78 is 38.0. The molecule has 0 spiro atoms. The first-order chi connectivity index (χ1) is 6.57. The third-order valence-electron chi connectivity index (χ3n) is 1.48. The zero-order chi connectivity index (χ0) is 10.7. The molecule has 0 bridgehead atoms. The lowest BCUT2D eigenvalue weighted by Gasteiger charge is -2.03. The molecule has 0 aliphatic heterocycles. The van der Waals surface area contributed by atoms with Crippen molar-refractivity contribution in [2.75, 3.05) is 0 Å². The monoisotopic (exact) mass is 265 g/mol. The van der Waals surface area contributed by atoms with Crippen LogP contribution in [0.5, 0.6) is 0 Å². The van der Waals surface area contributed by atoms with E-state index in [1.807, 2.05) is 0 Å². The van der Waals surface area contributed by atoms with E-state index in [0.29, 0.717) is 6.07 Å². The van der Waals surface area contributed by atoms with Gasteiger partial charge >= 0.3 is 0 Å². The Bertz CT molecular complexity index is 415. The highest BCUT2D eigenvalue weighted by atomic mass is 79.9. The van der Waals surface area contributed by atoms with E-state index in [9.17, 15) is 13.2 Å². The molecule has 0 fully saturated rings. The molecule has 0 aromatic heterocycles. The normalized spacial score (nSPS) is 9.71. The first-order valence-electron chi connectivity index (χ1n) is 3.40. The van der Waals surface area contributed by atoms with E-state index < -0.39 is 21.9 Å². The van der Waals surface area contributed by atoms with E-state index in [-0.39, 0.29) is 12.1 Å². The molecule has 74 valence electrons. The molecular weight excluding hydrogens is 263 g/mol. The number of hydrogen-bond acceptors (Lipinski definition) is 1. The van der Waals surface area contributed by atoms with Gasteiger partial charge in [0, 0.05) is 4.91 Å². The van der Waals surface area contributed by atoms with Crippen molar-refractivity contribution in [3.05, 3.63) is 44.0 Å². The summed E-state index contributed by atoms with van der Waals surface area (Å²) in [5.74, 6) is -3.45. The average molecular weight is 266 g/mol. The molecule has 1 aromatic carbocycles. The Morgan fingerprint density at radius 2 is 2.00 bits per heavy atom. The molecule has 0 saturated heterocycles. The van der Waals surface area contributed by atoms with E-state index in [1.54, 1.807) is 0 Å². The van der Waals surface area contributed by atoms with E-state index in [1.165, 1.54) is 0 Å². The van der Waals surface area contributed by atoms with Gasteiger partial charge in [0.25, 0.3) is 0 Å². The molecule has 14 heavy (non-hydrogen) atoms. The van der Waals surface area contributed by atoms with Crippen molar-refractivity contribution >= 4 is 15.9 Å². The fraction of sp³-hybridized carbons (Fsp3) is 0.143. The largest absolute Gasteiger partial charge is 0.205 e. The minimum Gasteiger partial charge on any atom is -0.205 e. The zero-order valence-electron chi connectivity index (χ0n) is 6.64. The molecular formula is C7H3BrF3N3. The van der Waals surface area contributed by atoms with Crippen LogP contribution in [0.3, 0.4) is 0 Å². The number of benzene rings is 1. The summed E-state index contributed by atoms with van der Waals surface area (Å²) in [6.45, 7) is -0.363. The summed E-state index contributed by atoms with van der Waals surface area (Å²) in [7, 11) is 0. The van der Waals surface area contributed by atoms with Gasteiger partial charge in [0.1, 0.15) is 5.82 Å². The van der Waals surface area contributed by atoms with Gasteiger partial charge in [-0.25, -0.2) is 13.2 Å². The summed E-state index contributed by atoms with van der Waals surface area (Å²) in [4.78, 5) is 2.38. The lowest BCUT2D eigenvalue weighted by atomic mass is 10.2. The van der Waals surface area contributed by atoms with Gasteiger partial charge in [-0.15, -0.1) is 0 Å². The molecule has 1 rings (SSSR count). The number of azide groups is 1. The van der Waals surface area contributed by atoms with E-state index in [0.717, 1.165) is 0 Å². The number of nitrogens with zero attached hydrogens (tertiary/aromatic N) is 3. The van der Waals surface area contributed by atoms with Crippen LogP contribution >= 0.6 is 15.9 Å². The summed E-state index contributed by atoms with van der Waals surface area (Å²) in [5, 5.41) is 3.05. The van der Waals surface area contributed by atoms with Gasteiger partial charge in [-0.05, 0) is 33.1 Å². The Labute approximate surface area is 85.3 Å². The molecule has 0 saturated carbocycles. The van der Waals surface area contributed by atoms with E-state index in [4.69, 9.17) is 5.53 Å².